The number of hydrogen-bond donors (Lipinski definition) is 3. The zero-order valence-electron chi connectivity index (χ0n) is 9.89. The Labute approximate surface area is 108 Å². The Bertz CT molecular complexity index is 296. The maximum absolute atomic E-state index is 11.8. The van der Waals surface area contributed by atoms with Crippen molar-refractivity contribution < 1.29 is 9.90 Å². The molecule has 3 rings (SSSR count). The Morgan fingerprint density at radius 3 is 2.71 bits per heavy atom. The van der Waals surface area contributed by atoms with Crippen molar-refractivity contribution in [2.75, 3.05) is 19.6 Å². The van der Waals surface area contributed by atoms with E-state index in [0.717, 1.165) is 18.9 Å². The van der Waals surface area contributed by atoms with Crippen LogP contribution in [0.25, 0.3) is 0 Å². The summed E-state index contributed by atoms with van der Waals surface area (Å²) in [5.74, 6) is 2.25. The molecule has 0 spiro atoms. The standard InChI is InChI=1S/C12H20N2O2.ClH/c15-11-6-13-4-8(11)5-14-12(16)10-3-9(10)7-1-2-7;/h7-11,13,15H,1-6H2,(H,14,16);1H. The van der Waals surface area contributed by atoms with E-state index in [0.29, 0.717) is 24.9 Å². The Morgan fingerprint density at radius 2 is 2.12 bits per heavy atom. The second-order valence-corrected chi connectivity index (χ2v) is 5.57. The van der Waals surface area contributed by atoms with Crippen LogP contribution in [0, 0.1) is 23.7 Å². The number of aliphatic hydroxyl groups is 1. The second-order valence-electron chi connectivity index (χ2n) is 5.57. The molecule has 4 atom stereocenters. The molecule has 3 N–H and O–H groups in total. The number of aliphatic hydroxyl groups excluding tert-OH is 1. The molecule has 4 nitrogen and oxygen atoms in total. The van der Waals surface area contributed by atoms with E-state index in [1.165, 1.54) is 12.8 Å². The summed E-state index contributed by atoms with van der Waals surface area (Å²) in [6, 6.07) is 0. The number of amides is 1. The molecule has 1 saturated heterocycles. The summed E-state index contributed by atoms with van der Waals surface area (Å²) in [4.78, 5) is 11.8. The van der Waals surface area contributed by atoms with Gasteiger partial charge in [-0.05, 0) is 31.1 Å². The van der Waals surface area contributed by atoms with E-state index in [4.69, 9.17) is 0 Å². The van der Waals surface area contributed by atoms with E-state index >= 15 is 0 Å². The van der Waals surface area contributed by atoms with Gasteiger partial charge in [-0.15, -0.1) is 12.4 Å². The number of carbonyl (C=O) groups is 1. The van der Waals surface area contributed by atoms with E-state index in [9.17, 15) is 9.90 Å². The highest BCUT2D eigenvalue weighted by Crippen LogP contribution is 2.54. The van der Waals surface area contributed by atoms with Crippen LogP contribution in [0.4, 0.5) is 0 Å². The number of nitrogens with one attached hydrogen (secondary N) is 2. The van der Waals surface area contributed by atoms with Gasteiger partial charge in [0.1, 0.15) is 0 Å². The molecule has 1 aliphatic heterocycles. The summed E-state index contributed by atoms with van der Waals surface area (Å²) in [6.07, 6.45) is 3.47. The number of hydrogen-bond acceptors (Lipinski definition) is 3. The summed E-state index contributed by atoms with van der Waals surface area (Å²) in [5.41, 5.74) is 0. The molecule has 0 aromatic heterocycles. The van der Waals surface area contributed by atoms with Gasteiger partial charge in [0.25, 0.3) is 0 Å². The molecule has 0 bridgehead atoms. The first-order valence-corrected chi connectivity index (χ1v) is 6.42. The molecule has 3 fully saturated rings. The summed E-state index contributed by atoms with van der Waals surface area (Å²) < 4.78 is 0. The van der Waals surface area contributed by atoms with Gasteiger partial charge in [-0.25, -0.2) is 0 Å². The van der Waals surface area contributed by atoms with Crippen LogP contribution in [-0.2, 0) is 4.79 Å². The van der Waals surface area contributed by atoms with Gasteiger partial charge >= 0.3 is 0 Å². The first-order valence-electron chi connectivity index (χ1n) is 6.42. The highest BCUT2D eigenvalue weighted by Gasteiger charge is 2.51. The fourth-order valence-electron chi connectivity index (χ4n) is 2.85. The van der Waals surface area contributed by atoms with Crippen molar-refractivity contribution in [1.29, 1.82) is 0 Å². The van der Waals surface area contributed by atoms with Crippen LogP contribution in [0.15, 0.2) is 0 Å². The Balaban J connectivity index is 0.00000108. The third-order valence-corrected chi connectivity index (χ3v) is 4.25. The second kappa shape index (κ2) is 5.12. The zero-order valence-corrected chi connectivity index (χ0v) is 10.7. The third-order valence-electron chi connectivity index (χ3n) is 4.25. The molecule has 2 saturated carbocycles. The van der Waals surface area contributed by atoms with E-state index in [-0.39, 0.29) is 30.3 Å². The van der Waals surface area contributed by atoms with E-state index in [1.807, 2.05) is 0 Å². The lowest BCUT2D eigenvalue weighted by molar-refractivity contribution is -0.122. The predicted octanol–water partition coefficient (Wildman–Crippen LogP) is 0.151. The van der Waals surface area contributed by atoms with Gasteiger partial charge in [0.15, 0.2) is 0 Å². The molecule has 1 amide bonds. The lowest BCUT2D eigenvalue weighted by atomic mass is 10.1. The van der Waals surface area contributed by atoms with Crippen LogP contribution < -0.4 is 10.6 Å². The van der Waals surface area contributed by atoms with Crippen molar-refractivity contribution in [3.8, 4) is 0 Å². The molecular weight excluding hydrogens is 240 g/mol. The van der Waals surface area contributed by atoms with Crippen LogP contribution >= 0.6 is 12.4 Å². The van der Waals surface area contributed by atoms with Crippen LogP contribution in [0.1, 0.15) is 19.3 Å². The molecule has 4 unspecified atom stereocenters. The lowest BCUT2D eigenvalue weighted by Gasteiger charge is -2.14. The highest BCUT2D eigenvalue weighted by molar-refractivity contribution is 5.85. The molecule has 98 valence electrons. The van der Waals surface area contributed by atoms with Crippen molar-refractivity contribution in [2.45, 2.75) is 25.4 Å². The van der Waals surface area contributed by atoms with Crippen molar-refractivity contribution in [1.82, 2.24) is 10.6 Å². The summed E-state index contributed by atoms with van der Waals surface area (Å²) in [7, 11) is 0. The molecule has 3 aliphatic rings. The number of halogens is 1. The normalized spacial score (nSPS) is 39.6. The van der Waals surface area contributed by atoms with Crippen molar-refractivity contribution in [3.05, 3.63) is 0 Å². The molecule has 5 heteroatoms. The fraction of sp³-hybridized carbons (Fsp3) is 0.917. The first kappa shape index (κ1) is 13.1. The molecule has 0 radical (unpaired) electrons. The average molecular weight is 261 g/mol. The molecular formula is C12H21ClN2O2. The van der Waals surface area contributed by atoms with Gasteiger partial charge in [-0.2, -0.15) is 0 Å². The topological polar surface area (TPSA) is 61.4 Å². The van der Waals surface area contributed by atoms with Crippen LogP contribution in [0.2, 0.25) is 0 Å². The average Bonchev–Trinajstić information content (AvgIpc) is 3.13. The van der Waals surface area contributed by atoms with Crippen LogP contribution in [0.5, 0.6) is 0 Å². The smallest absolute Gasteiger partial charge is 0.223 e. The molecule has 1 heterocycles. The zero-order chi connectivity index (χ0) is 11.1. The third kappa shape index (κ3) is 2.92. The minimum atomic E-state index is -0.293. The monoisotopic (exact) mass is 260 g/mol. The van der Waals surface area contributed by atoms with Crippen molar-refractivity contribution >= 4 is 18.3 Å². The molecule has 0 aromatic rings. The van der Waals surface area contributed by atoms with Crippen molar-refractivity contribution in [3.63, 3.8) is 0 Å². The SMILES string of the molecule is Cl.O=C(NCC1CNCC1O)C1CC1C1CC1. The predicted molar refractivity (Wildman–Crippen MR) is 66.9 cm³/mol. The number of β-amino-alcohol motifs (C(OH)–C–C–N with tert-alkyl or cyclic N) is 1. The highest BCUT2D eigenvalue weighted by atomic mass is 35.5. The summed E-state index contributed by atoms with van der Waals surface area (Å²) in [6.45, 7) is 2.10. The van der Waals surface area contributed by atoms with Crippen molar-refractivity contribution in [2.24, 2.45) is 23.7 Å². The fourth-order valence-corrected chi connectivity index (χ4v) is 2.85. The van der Waals surface area contributed by atoms with Gasteiger partial charge in [0.05, 0.1) is 6.10 Å². The lowest BCUT2D eigenvalue weighted by Crippen LogP contribution is -2.35. The summed E-state index contributed by atoms with van der Waals surface area (Å²) >= 11 is 0. The van der Waals surface area contributed by atoms with E-state index in [1.54, 1.807) is 0 Å². The number of rotatable bonds is 4. The van der Waals surface area contributed by atoms with E-state index in [2.05, 4.69) is 10.6 Å². The minimum Gasteiger partial charge on any atom is -0.391 e. The van der Waals surface area contributed by atoms with Gasteiger partial charge in [0, 0.05) is 31.5 Å². The quantitative estimate of drug-likeness (QED) is 0.675. The van der Waals surface area contributed by atoms with Gasteiger partial charge < -0.3 is 15.7 Å². The Kier molecular flexibility index (Phi) is 3.95. The maximum Gasteiger partial charge on any atom is 0.223 e. The Morgan fingerprint density at radius 1 is 1.35 bits per heavy atom. The van der Waals surface area contributed by atoms with Gasteiger partial charge in [0.2, 0.25) is 5.91 Å². The largest absolute Gasteiger partial charge is 0.391 e. The molecule has 0 aromatic carbocycles. The van der Waals surface area contributed by atoms with Gasteiger partial charge in [-0.3, -0.25) is 4.79 Å². The maximum atomic E-state index is 11.8. The van der Waals surface area contributed by atoms with Crippen LogP contribution in [0.3, 0.4) is 0 Å². The molecule has 17 heavy (non-hydrogen) atoms. The summed E-state index contributed by atoms with van der Waals surface area (Å²) in [5, 5.41) is 15.7. The van der Waals surface area contributed by atoms with Gasteiger partial charge in [-0.1, -0.05) is 0 Å². The first-order chi connectivity index (χ1) is 7.75. The minimum absolute atomic E-state index is 0. The molecule has 2 aliphatic carbocycles. The Hall–Kier alpha value is -0.320. The van der Waals surface area contributed by atoms with E-state index < -0.39 is 0 Å². The number of carbonyl (C=O) groups excluding carboxylic acids is 1. The van der Waals surface area contributed by atoms with Crippen LogP contribution in [-0.4, -0.2) is 36.8 Å².